The fraction of sp³-hybridized carbons (Fsp3) is 0.471. The van der Waals surface area contributed by atoms with E-state index >= 15 is 0 Å². The Bertz CT molecular complexity index is 666. The quantitative estimate of drug-likeness (QED) is 0.831. The molecule has 0 bridgehead atoms. The maximum Gasteiger partial charge on any atom is 0.226 e. The molecular formula is C17H20ClN3O3. The molecule has 6 nitrogen and oxygen atoms in total. The van der Waals surface area contributed by atoms with Crippen LogP contribution in [0.15, 0.2) is 28.8 Å². The number of hydrogen-bond donors (Lipinski definition) is 1. The van der Waals surface area contributed by atoms with E-state index in [-0.39, 0.29) is 5.91 Å². The number of aryl methyl sites for hydroxylation is 1. The van der Waals surface area contributed by atoms with Crippen LogP contribution < -0.4 is 5.32 Å². The largest absolute Gasteiger partial charge is 0.381 e. The zero-order valence-corrected chi connectivity index (χ0v) is 14.1. The molecule has 1 fully saturated rings. The van der Waals surface area contributed by atoms with Gasteiger partial charge in [-0.3, -0.25) is 4.79 Å². The van der Waals surface area contributed by atoms with E-state index in [1.54, 1.807) is 12.1 Å². The summed E-state index contributed by atoms with van der Waals surface area (Å²) < 4.78 is 10.5. The highest BCUT2D eigenvalue weighted by Gasteiger charge is 2.16. The van der Waals surface area contributed by atoms with E-state index < -0.39 is 0 Å². The first-order valence-corrected chi connectivity index (χ1v) is 8.51. The first-order valence-electron chi connectivity index (χ1n) is 8.13. The van der Waals surface area contributed by atoms with E-state index in [0.29, 0.717) is 48.5 Å². The Morgan fingerprint density at radius 2 is 2.17 bits per heavy atom. The number of aromatic nitrogens is 2. The van der Waals surface area contributed by atoms with Gasteiger partial charge >= 0.3 is 0 Å². The average molecular weight is 350 g/mol. The molecule has 1 aromatic carbocycles. The number of rotatable bonds is 7. The van der Waals surface area contributed by atoms with E-state index in [1.807, 2.05) is 12.1 Å². The summed E-state index contributed by atoms with van der Waals surface area (Å²) in [5.74, 6) is 1.58. The van der Waals surface area contributed by atoms with Crippen molar-refractivity contribution in [1.82, 2.24) is 15.5 Å². The zero-order chi connectivity index (χ0) is 16.8. The topological polar surface area (TPSA) is 77.2 Å². The monoisotopic (exact) mass is 349 g/mol. The Hall–Kier alpha value is -1.92. The van der Waals surface area contributed by atoms with Crippen LogP contribution in [0.5, 0.6) is 0 Å². The molecule has 1 aliphatic heterocycles. The van der Waals surface area contributed by atoms with Crippen molar-refractivity contribution in [2.45, 2.75) is 25.7 Å². The van der Waals surface area contributed by atoms with Crippen molar-refractivity contribution in [2.24, 2.45) is 5.92 Å². The predicted molar refractivity (Wildman–Crippen MR) is 89.6 cm³/mol. The van der Waals surface area contributed by atoms with E-state index in [9.17, 15) is 4.79 Å². The molecule has 0 radical (unpaired) electrons. The summed E-state index contributed by atoms with van der Waals surface area (Å²) in [6.07, 6.45) is 2.73. The minimum absolute atomic E-state index is 0.0549. The van der Waals surface area contributed by atoms with Gasteiger partial charge in [0.15, 0.2) is 0 Å². The number of carbonyl (C=O) groups excluding carboxylic acids is 1. The second kappa shape index (κ2) is 8.26. The number of nitrogens with one attached hydrogen (secondary N) is 1. The van der Waals surface area contributed by atoms with Crippen molar-refractivity contribution in [3.63, 3.8) is 0 Å². The molecular weight excluding hydrogens is 330 g/mol. The van der Waals surface area contributed by atoms with Gasteiger partial charge in [0.2, 0.25) is 17.6 Å². The molecule has 1 atom stereocenters. The second-order valence-corrected chi connectivity index (χ2v) is 6.34. The van der Waals surface area contributed by atoms with Gasteiger partial charge in [0.1, 0.15) is 0 Å². The van der Waals surface area contributed by atoms with Crippen LogP contribution in [0.25, 0.3) is 11.4 Å². The minimum atomic E-state index is 0.0549. The first kappa shape index (κ1) is 16.9. The van der Waals surface area contributed by atoms with Crippen molar-refractivity contribution < 1.29 is 14.1 Å². The summed E-state index contributed by atoms with van der Waals surface area (Å²) in [4.78, 5) is 16.2. The van der Waals surface area contributed by atoms with Gasteiger partial charge in [0, 0.05) is 42.5 Å². The molecule has 2 heterocycles. The lowest BCUT2D eigenvalue weighted by Crippen LogP contribution is -2.29. The van der Waals surface area contributed by atoms with Crippen LogP contribution in [0.1, 0.15) is 25.2 Å². The van der Waals surface area contributed by atoms with Crippen LogP contribution in [0, 0.1) is 5.92 Å². The molecule has 3 rings (SSSR count). The summed E-state index contributed by atoms with van der Waals surface area (Å²) in [5, 5.41) is 7.57. The molecule has 0 saturated carbocycles. The molecule has 0 unspecified atom stereocenters. The Labute approximate surface area is 145 Å². The van der Waals surface area contributed by atoms with Crippen LogP contribution in [0.3, 0.4) is 0 Å². The van der Waals surface area contributed by atoms with E-state index in [4.69, 9.17) is 20.9 Å². The first-order chi connectivity index (χ1) is 11.7. The van der Waals surface area contributed by atoms with E-state index in [0.717, 1.165) is 25.2 Å². The molecule has 1 N–H and O–H groups in total. The molecule has 1 amide bonds. The average Bonchev–Trinajstić information content (AvgIpc) is 3.25. The molecule has 1 aromatic heterocycles. The van der Waals surface area contributed by atoms with Crippen molar-refractivity contribution >= 4 is 17.5 Å². The normalized spacial score (nSPS) is 17.1. The number of ether oxygens (including phenoxy) is 1. The van der Waals surface area contributed by atoms with Crippen molar-refractivity contribution in [2.75, 3.05) is 19.8 Å². The fourth-order valence-corrected chi connectivity index (χ4v) is 2.69. The molecule has 2 aromatic rings. The Morgan fingerprint density at radius 1 is 1.33 bits per heavy atom. The number of carbonyl (C=O) groups is 1. The van der Waals surface area contributed by atoms with Crippen LogP contribution in [-0.2, 0) is 16.0 Å². The van der Waals surface area contributed by atoms with Crippen molar-refractivity contribution in [3.05, 3.63) is 35.2 Å². The lowest BCUT2D eigenvalue weighted by molar-refractivity contribution is -0.121. The molecule has 128 valence electrons. The number of amides is 1. The van der Waals surface area contributed by atoms with Gasteiger partial charge in [-0.1, -0.05) is 16.8 Å². The Balaban J connectivity index is 1.40. The summed E-state index contributed by atoms with van der Waals surface area (Å²) in [6, 6.07) is 7.26. The van der Waals surface area contributed by atoms with Crippen LogP contribution >= 0.6 is 11.6 Å². The second-order valence-electron chi connectivity index (χ2n) is 5.91. The Morgan fingerprint density at radius 3 is 2.92 bits per heavy atom. The number of halogens is 1. The fourth-order valence-electron chi connectivity index (χ4n) is 2.56. The van der Waals surface area contributed by atoms with Crippen molar-refractivity contribution in [1.29, 1.82) is 0 Å². The van der Waals surface area contributed by atoms with Gasteiger partial charge in [-0.05, 0) is 37.1 Å². The van der Waals surface area contributed by atoms with E-state index in [1.165, 1.54) is 0 Å². The number of nitrogens with zero attached hydrogens (tertiary/aromatic N) is 2. The molecule has 0 spiro atoms. The maximum absolute atomic E-state index is 11.8. The Kier molecular flexibility index (Phi) is 5.82. The van der Waals surface area contributed by atoms with Gasteiger partial charge in [-0.15, -0.1) is 0 Å². The predicted octanol–water partition coefficient (Wildman–Crippen LogP) is 2.87. The lowest BCUT2D eigenvalue weighted by Gasteiger charge is -2.08. The number of hydrogen-bond acceptors (Lipinski definition) is 5. The third kappa shape index (κ3) is 4.79. The van der Waals surface area contributed by atoms with Gasteiger partial charge < -0.3 is 14.6 Å². The summed E-state index contributed by atoms with van der Waals surface area (Å²) in [5.41, 5.74) is 0.853. The van der Waals surface area contributed by atoms with Crippen LogP contribution in [0.2, 0.25) is 5.02 Å². The zero-order valence-electron chi connectivity index (χ0n) is 13.3. The van der Waals surface area contributed by atoms with Gasteiger partial charge in [0.25, 0.3) is 0 Å². The standard InChI is InChI=1S/C17H20ClN3O3/c18-14-6-4-13(5-7-14)17-20-16(24-21-17)3-1-2-15(22)19-10-12-8-9-23-11-12/h4-7,12H,1-3,8-11H2,(H,19,22)/t12-/m1/s1. The van der Waals surface area contributed by atoms with Gasteiger partial charge in [-0.25, -0.2) is 0 Å². The summed E-state index contributed by atoms with van der Waals surface area (Å²) >= 11 is 5.86. The molecule has 0 aliphatic carbocycles. The third-order valence-electron chi connectivity index (χ3n) is 3.98. The molecule has 7 heteroatoms. The molecule has 1 aliphatic rings. The smallest absolute Gasteiger partial charge is 0.226 e. The van der Waals surface area contributed by atoms with Gasteiger partial charge in [-0.2, -0.15) is 4.98 Å². The third-order valence-corrected chi connectivity index (χ3v) is 4.23. The highest BCUT2D eigenvalue weighted by molar-refractivity contribution is 6.30. The highest BCUT2D eigenvalue weighted by atomic mass is 35.5. The number of benzene rings is 1. The summed E-state index contributed by atoms with van der Waals surface area (Å²) in [6.45, 7) is 2.24. The molecule has 24 heavy (non-hydrogen) atoms. The molecule has 1 saturated heterocycles. The minimum Gasteiger partial charge on any atom is -0.381 e. The highest BCUT2D eigenvalue weighted by Crippen LogP contribution is 2.19. The maximum atomic E-state index is 11.8. The lowest BCUT2D eigenvalue weighted by atomic mass is 10.1. The summed E-state index contributed by atoms with van der Waals surface area (Å²) in [7, 11) is 0. The van der Waals surface area contributed by atoms with Gasteiger partial charge in [0.05, 0.1) is 6.61 Å². The SMILES string of the molecule is O=C(CCCc1nc(-c2ccc(Cl)cc2)no1)NC[C@H]1CCOC1. The van der Waals surface area contributed by atoms with Crippen LogP contribution in [-0.4, -0.2) is 35.8 Å². The van der Waals surface area contributed by atoms with E-state index in [2.05, 4.69) is 15.5 Å². The van der Waals surface area contributed by atoms with Crippen LogP contribution in [0.4, 0.5) is 0 Å². The van der Waals surface area contributed by atoms with Crippen molar-refractivity contribution in [3.8, 4) is 11.4 Å².